The Hall–Kier alpha value is -1.00. The zero-order valence-electron chi connectivity index (χ0n) is 10.0. The number of benzene rings is 1. The van der Waals surface area contributed by atoms with Crippen molar-refractivity contribution in [2.45, 2.75) is 6.54 Å². The van der Waals surface area contributed by atoms with E-state index < -0.39 is 11.6 Å². The van der Waals surface area contributed by atoms with Crippen LogP contribution in [0.5, 0.6) is 0 Å². The molecule has 0 amide bonds. The Balaban J connectivity index is 2.49. The number of halogens is 2. The summed E-state index contributed by atoms with van der Waals surface area (Å²) in [7, 11) is 5.97. The Labute approximate surface area is 95.5 Å². The standard InChI is InChI=1S/C12H18F2N2/c1-15(2)6-7-16(3)9-10-4-5-11(13)12(14)8-10/h4-5,8H,6-7,9H2,1-3H3. The smallest absolute Gasteiger partial charge is 0.159 e. The Morgan fingerprint density at radius 1 is 1.00 bits per heavy atom. The van der Waals surface area contributed by atoms with Crippen LogP contribution in [0.15, 0.2) is 18.2 Å². The van der Waals surface area contributed by atoms with Gasteiger partial charge in [-0.1, -0.05) is 6.07 Å². The van der Waals surface area contributed by atoms with Gasteiger partial charge in [-0.2, -0.15) is 0 Å². The highest BCUT2D eigenvalue weighted by atomic mass is 19.2. The summed E-state index contributed by atoms with van der Waals surface area (Å²) >= 11 is 0. The molecule has 0 atom stereocenters. The molecule has 4 heteroatoms. The molecule has 0 aliphatic heterocycles. The summed E-state index contributed by atoms with van der Waals surface area (Å²) in [6.45, 7) is 2.47. The molecule has 0 aromatic heterocycles. The van der Waals surface area contributed by atoms with Gasteiger partial charge in [-0.05, 0) is 38.8 Å². The monoisotopic (exact) mass is 228 g/mol. The highest BCUT2D eigenvalue weighted by molar-refractivity contribution is 5.17. The second-order valence-corrected chi connectivity index (χ2v) is 4.29. The van der Waals surface area contributed by atoms with Gasteiger partial charge in [0.1, 0.15) is 0 Å². The van der Waals surface area contributed by atoms with Crippen LogP contribution in [0.1, 0.15) is 5.56 Å². The molecule has 0 N–H and O–H groups in total. The first-order chi connectivity index (χ1) is 7.49. The predicted octanol–water partition coefficient (Wildman–Crippen LogP) is 1.96. The van der Waals surface area contributed by atoms with E-state index in [2.05, 4.69) is 9.80 Å². The topological polar surface area (TPSA) is 6.48 Å². The molecule has 0 saturated carbocycles. The normalized spacial score (nSPS) is 11.4. The summed E-state index contributed by atoms with van der Waals surface area (Å²) < 4.78 is 25.6. The molecule has 90 valence electrons. The Morgan fingerprint density at radius 2 is 1.69 bits per heavy atom. The van der Waals surface area contributed by atoms with Crippen molar-refractivity contribution in [3.05, 3.63) is 35.4 Å². The lowest BCUT2D eigenvalue weighted by Crippen LogP contribution is -2.28. The molecule has 0 saturated heterocycles. The molecule has 0 fully saturated rings. The average Bonchev–Trinajstić information content (AvgIpc) is 2.21. The molecule has 1 rings (SSSR count). The summed E-state index contributed by atoms with van der Waals surface area (Å²) in [5, 5.41) is 0. The third kappa shape index (κ3) is 4.24. The summed E-state index contributed by atoms with van der Waals surface area (Å²) in [6.07, 6.45) is 0. The van der Waals surface area contributed by atoms with Gasteiger partial charge in [-0.3, -0.25) is 0 Å². The quantitative estimate of drug-likeness (QED) is 0.760. The summed E-state index contributed by atoms with van der Waals surface area (Å²) in [5.74, 6) is -1.57. The maximum absolute atomic E-state index is 12.9. The lowest BCUT2D eigenvalue weighted by Gasteiger charge is -2.19. The number of rotatable bonds is 5. The Kier molecular flexibility index (Phi) is 4.83. The molecule has 16 heavy (non-hydrogen) atoms. The minimum atomic E-state index is -0.792. The SMILES string of the molecule is CN(C)CCN(C)Cc1ccc(F)c(F)c1. The molecule has 0 heterocycles. The lowest BCUT2D eigenvalue weighted by atomic mass is 10.2. The van der Waals surface area contributed by atoms with Crippen molar-refractivity contribution < 1.29 is 8.78 Å². The van der Waals surface area contributed by atoms with Crippen LogP contribution in [0, 0.1) is 11.6 Å². The van der Waals surface area contributed by atoms with Crippen LogP contribution in [0.4, 0.5) is 8.78 Å². The lowest BCUT2D eigenvalue weighted by molar-refractivity contribution is 0.276. The largest absolute Gasteiger partial charge is 0.308 e. The van der Waals surface area contributed by atoms with Crippen molar-refractivity contribution in [1.29, 1.82) is 0 Å². The minimum Gasteiger partial charge on any atom is -0.308 e. The van der Waals surface area contributed by atoms with Crippen molar-refractivity contribution in [3.8, 4) is 0 Å². The Bertz CT molecular complexity index is 340. The van der Waals surface area contributed by atoms with E-state index in [0.29, 0.717) is 6.54 Å². The molecule has 0 radical (unpaired) electrons. The van der Waals surface area contributed by atoms with E-state index in [1.165, 1.54) is 12.1 Å². The number of likely N-dealkylation sites (N-methyl/N-ethyl adjacent to an activating group) is 2. The molecule has 0 bridgehead atoms. The van der Waals surface area contributed by atoms with Crippen molar-refractivity contribution in [2.24, 2.45) is 0 Å². The molecular formula is C12H18F2N2. The first-order valence-corrected chi connectivity index (χ1v) is 5.26. The maximum atomic E-state index is 12.9. The van der Waals surface area contributed by atoms with Gasteiger partial charge in [-0.25, -0.2) is 8.78 Å². The summed E-state index contributed by atoms with van der Waals surface area (Å²) in [5.41, 5.74) is 0.792. The van der Waals surface area contributed by atoms with Crippen LogP contribution in [0.2, 0.25) is 0 Å². The maximum Gasteiger partial charge on any atom is 0.159 e. The van der Waals surface area contributed by atoms with Gasteiger partial charge in [0.2, 0.25) is 0 Å². The number of hydrogen-bond donors (Lipinski definition) is 0. The Morgan fingerprint density at radius 3 is 2.25 bits per heavy atom. The fourth-order valence-corrected chi connectivity index (χ4v) is 1.40. The average molecular weight is 228 g/mol. The molecule has 2 nitrogen and oxygen atoms in total. The van der Waals surface area contributed by atoms with E-state index in [0.717, 1.165) is 18.7 Å². The summed E-state index contributed by atoms with van der Waals surface area (Å²) in [6, 6.07) is 4.04. The van der Waals surface area contributed by atoms with Gasteiger partial charge in [0.15, 0.2) is 11.6 Å². The fraction of sp³-hybridized carbons (Fsp3) is 0.500. The highest BCUT2D eigenvalue weighted by Crippen LogP contribution is 2.10. The number of hydrogen-bond acceptors (Lipinski definition) is 2. The van der Waals surface area contributed by atoms with Crippen LogP contribution >= 0.6 is 0 Å². The molecule has 1 aromatic carbocycles. The van der Waals surface area contributed by atoms with E-state index in [1.807, 2.05) is 21.1 Å². The van der Waals surface area contributed by atoms with Crippen LogP contribution < -0.4 is 0 Å². The van der Waals surface area contributed by atoms with Crippen molar-refractivity contribution in [1.82, 2.24) is 9.80 Å². The van der Waals surface area contributed by atoms with E-state index in [-0.39, 0.29) is 0 Å². The third-order valence-corrected chi connectivity index (χ3v) is 2.37. The third-order valence-electron chi connectivity index (χ3n) is 2.37. The van der Waals surface area contributed by atoms with Crippen LogP contribution in [-0.4, -0.2) is 44.0 Å². The summed E-state index contributed by atoms with van der Waals surface area (Å²) in [4.78, 5) is 4.16. The van der Waals surface area contributed by atoms with E-state index in [1.54, 1.807) is 6.07 Å². The van der Waals surface area contributed by atoms with Crippen molar-refractivity contribution in [2.75, 3.05) is 34.2 Å². The molecule has 0 unspecified atom stereocenters. The first-order valence-electron chi connectivity index (χ1n) is 5.26. The van der Waals surface area contributed by atoms with Gasteiger partial charge >= 0.3 is 0 Å². The highest BCUT2D eigenvalue weighted by Gasteiger charge is 2.05. The zero-order chi connectivity index (χ0) is 12.1. The van der Waals surface area contributed by atoms with E-state index in [9.17, 15) is 8.78 Å². The van der Waals surface area contributed by atoms with Crippen molar-refractivity contribution >= 4 is 0 Å². The van der Waals surface area contributed by atoms with Crippen LogP contribution in [0.25, 0.3) is 0 Å². The zero-order valence-corrected chi connectivity index (χ0v) is 10.0. The predicted molar refractivity (Wildman–Crippen MR) is 61.2 cm³/mol. The minimum absolute atomic E-state index is 0.630. The second kappa shape index (κ2) is 5.92. The first kappa shape index (κ1) is 13.1. The van der Waals surface area contributed by atoms with Crippen LogP contribution in [-0.2, 0) is 6.54 Å². The second-order valence-electron chi connectivity index (χ2n) is 4.29. The van der Waals surface area contributed by atoms with Crippen LogP contribution in [0.3, 0.4) is 0 Å². The molecule has 0 aliphatic carbocycles. The van der Waals surface area contributed by atoms with E-state index in [4.69, 9.17) is 0 Å². The molecular weight excluding hydrogens is 210 g/mol. The van der Waals surface area contributed by atoms with E-state index >= 15 is 0 Å². The van der Waals surface area contributed by atoms with Gasteiger partial charge in [0.25, 0.3) is 0 Å². The molecule has 0 aliphatic rings. The van der Waals surface area contributed by atoms with Gasteiger partial charge < -0.3 is 9.80 Å². The molecule has 0 spiro atoms. The number of nitrogens with zero attached hydrogens (tertiary/aromatic N) is 2. The van der Waals surface area contributed by atoms with Gasteiger partial charge in [-0.15, -0.1) is 0 Å². The fourth-order valence-electron chi connectivity index (χ4n) is 1.40. The van der Waals surface area contributed by atoms with Crippen molar-refractivity contribution in [3.63, 3.8) is 0 Å². The van der Waals surface area contributed by atoms with Gasteiger partial charge in [0, 0.05) is 19.6 Å². The van der Waals surface area contributed by atoms with Gasteiger partial charge in [0.05, 0.1) is 0 Å². The molecule has 1 aromatic rings.